The molecule has 9 heteroatoms. The summed E-state index contributed by atoms with van der Waals surface area (Å²) in [6.45, 7) is 9.55. The molecule has 0 fully saturated rings. The molecular weight excluding hydrogens is 448 g/mol. The van der Waals surface area contributed by atoms with E-state index in [4.69, 9.17) is 14.2 Å². The minimum Gasteiger partial charge on any atom is -0.487 e. The molecule has 0 aliphatic heterocycles. The van der Waals surface area contributed by atoms with E-state index in [1.54, 1.807) is 48.5 Å². The van der Waals surface area contributed by atoms with Gasteiger partial charge in [0.1, 0.15) is 0 Å². The van der Waals surface area contributed by atoms with Gasteiger partial charge in [0.2, 0.25) is 11.7 Å². The summed E-state index contributed by atoms with van der Waals surface area (Å²) >= 11 is 0. The van der Waals surface area contributed by atoms with Crippen molar-refractivity contribution in [3.8, 4) is 17.2 Å². The molecule has 0 bridgehead atoms. The van der Waals surface area contributed by atoms with E-state index in [0.29, 0.717) is 35.8 Å². The number of benzene rings is 1. The highest BCUT2D eigenvalue weighted by atomic mass is 16.6. The first-order chi connectivity index (χ1) is 16.6. The topological polar surface area (TPSA) is 93.2 Å². The van der Waals surface area contributed by atoms with Gasteiger partial charge >= 0.3 is 5.97 Å². The van der Waals surface area contributed by atoms with E-state index in [0.717, 1.165) is 6.54 Å². The summed E-state index contributed by atoms with van der Waals surface area (Å²) in [6, 6.07) is 8.50. The Bertz CT molecular complexity index is 950. The van der Waals surface area contributed by atoms with Crippen LogP contribution in [-0.4, -0.2) is 79.6 Å². The van der Waals surface area contributed by atoms with E-state index in [1.165, 1.54) is 0 Å². The number of rotatable bonds is 13. The average Bonchev–Trinajstić information content (AvgIpc) is 2.78. The zero-order chi connectivity index (χ0) is 26.0. The lowest BCUT2D eigenvalue weighted by molar-refractivity contribution is -0.129. The van der Waals surface area contributed by atoms with Gasteiger partial charge in [0.25, 0.3) is 0 Å². The van der Waals surface area contributed by atoms with Gasteiger partial charge in [0, 0.05) is 32.9 Å². The molecule has 1 N–H and O–H groups in total. The highest BCUT2D eigenvalue weighted by Crippen LogP contribution is 2.38. The maximum Gasteiger partial charge on any atom is 0.343 e. The predicted molar refractivity (Wildman–Crippen MR) is 135 cm³/mol. The van der Waals surface area contributed by atoms with Gasteiger partial charge in [0.15, 0.2) is 11.5 Å². The monoisotopic (exact) mass is 486 g/mol. The van der Waals surface area contributed by atoms with Gasteiger partial charge in [-0.3, -0.25) is 9.78 Å². The van der Waals surface area contributed by atoms with Crippen molar-refractivity contribution in [2.75, 3.05) is 40.8 Å². The quantitative estimate of drug-likeness (QED) is 0.341. The third-order valence-corrected chi connectivity index (χ3v) is 4.81. The second kappa shape index (κ2) is 13.7. The summed E-state index contributed by atoms with van der Waals surface area (Å²) in [7, 11) is 5.71. The van der Waals surface area contributed by atoms with E-state index in [2.05, 4.69) is 10.3 Å². The van der Waals surface area contributed by atoms with Crippen LogP contribution in [0.5, 0.6) is 17.2 Å². The van der Waals surface area contributed by atoms with E-state index in [1.807, 2.05) is 46.7 Å². The van der Waals surface area contributed by atoms with Crippen molar-refractivity contribution in [3.63, 3.8) is 0 Å². The lowest BCUT2D eigenvalue weighted by Crippen LogP contribution is -2.38. The van der Waals surface area contributed by atoms with E-state index >= 15 is 0 Å². The smallest absolute Gasteiger partial charge is 0.343 e. The molecule has 0 aliphatic rings. The minimum atomic E-state index is -0.554. The molecule has 1 amide bonds. The predicted octanol–water partition coefficient (Wildman–Crippen LogP) is 2.98. The van der Waals surface area contributed by atoms with Crippen LogP contribution in [0.15, 0.2) is 36.5 Å². The van der Waals surface area contributed by atoms with Gasteiger partial charge in [-0.15, -0.1) is 0 Å². The molecule has 35 heavy (non-hydrogen) atoms. The van der Waals surface area contributed by atoms with Crippen molar-refractivity contribution in [2.24, 2.45) is 0 Å². The molecule has 0 atom stereocenters. The van der Waals surface area contributed by atoms with Gasteiger partial charge in [0.05, 0.1) is 30.0 Å². The number of pyridine rings is 1. The zero-order valence-corrected chi connectivity index (χ0v) is 21.8. The molecule has 0 radical (unpaired) electrons. The normalized spacial score (nSPS) is 11.1. The summed E-state index contributed by atoms with van der Waals surface area (Å²) in [5, 5.41) is 3.09. The number of para-hydroxylation sites is 1. The van der Waals surface area contributed by atoms with Crippen LogP contribution in [0.25, 0.3) is 0 Å². The molecule has 0 unspecified atom stereocenters. The Labute approximate surface area is 208 Å². The van der Waals surface area contributed by atoms with Gasteiger partial charge in [-0.1, -0.05) is 6.07 Å². The number of amides is 1. The fourth-order valence-corrected chi connectivity index (χ4v) is 3.05. The molecule has 1 aromatic carbocycles. The van der Waals surface area contributed by atoms with Crippen LogP contribution in [0.1, 0.15) is 43.7 Å². The number of esters is 1. The van der Waals surface area contributed by atoms with Crippen molar-refractivity contribution in [3.05, 3.63) is 47.8 Å². The molecule has 1 aromatic heterocycles. The molecular formula is C26H38N4O5. The van der Waals surface area contributed by atoms with Gasteiger partial charge in [-0.05, 0) is 66.1 Å². The maximum absolute atomic E-state index is 13.0. The van der Waals surface area contributed by atoms with Crippen LogP contribution in [0.4, 0.5) is 0 Å². The first-order valence-electron chi connectivity index (χ1n) is 11.8. The lowest BCUT2D eigenvalue weighted by Gasteiger charge is -2.20. The number of nitrogens with zero attached hydrogens (tertiary/aromatic N) is 3. The van der Waals surface area contributed by atoms with E-state index in [9.17, 15) is 9.59 Å². The Morgan fingerprint density at radius 3 is 2.17 bits per heavy atom. The zero-order valence-electron chi connectivity index (χ0n) is 21.8. The Morgan fingerprint density at radius 2 is 1.60 bits per heavy atom. The Morgan fingerprint density at radius 1 is 0.971 bits per heavy atom. The van der Waals surface area contributed by atoms with Crippen LogP contribution in [0.3, 0.4) is 0 Å². The third kappa shape index (κ3) is 9.54. The van der Waals surface area contributed by atoms with Crippen LogP contribution >= 0.6 is 0 Å². The van der Waals surface area contributed by atoms with E-state index < -0.39 is 5.97 Å². The summed E-state index contributed by atoms with van der Waals surface area (Å²) in [4.78, 5) is 33.3. The Balaban J connectivity index is 2.06. The van der Waals surface area contributed by atoms with Gasteiger partial charge in [-0.2, -0.15) is 0 Å². The molecule has 2 rings (SSSR count). The maximum atomic E-state index is 13.0. The molecule has 0 aliphatic carbocycles. The number of carbonyl (C=O) groups is 2. The van der Waals surface area contributed by atoms with Crippen molar-refractivity contribution in [2.45, 2.75) is 46.4 Å². The molecule has 192 valence electrons. The van der Waals surface area contributed by atoms with Crippen LogP contribution in [-0.2, 0) is 11.3 Å². The number of likely N-dealkylation sites (N-methyl/N-ethyl adjacent to an activating group) is 2. The molecule has 0 saturated heterocycles. The lowest BCUT2D eigenvalue weighted by atomic mass is 10.2. The van der Waals surface area contributed by atoms with Crippen molar-refractivity contribution in [1.29, 1.82) is 0 Å². The highest BCUT2D eigenvalue weighted by Gasteiger charge is 2.20. The molecule has 0 saturated carbocycles. The van der Waals surface area contributed by atoms with Crippen LogP contribution < -0.4 is 19.5 Å². The second-order valence-electron chi connectivity index (χ2n) is 9.06. The number of carbonyl (C=O) groups excluding carboxylic acids is 2. The fraction of sp³-hybridized carbons (Fsp3) is 0.500. The van der Waals surface area contributed by atoms with E-state index in [-0.39, 0.29) is 30.4 Å². The highest BCUT2D eigenvalue weighted by molar-refractivity contribution is 5.91. The third-order valence-electron chi connectivity index (χ3n) is 4.81. The largest absolute Gasteiger partial charge is 0.487 e. The molecule has 0 spiro atoms. The van der Waals surface area contributed by atoms with Crippen LogP contribution in [0.2, 0.25) is 0 Å². The first-order valence-corrected chi connectivity index (χ1v) is 11.8. The average molecular weight is 487 g/mol. The summed E-state index contributed by atoms with van der Waals surface area (Å²) in [5.41, 5.74) is 0.953. The van der Waals surface area contributed by atoms with Crippen LogP contribution in [0, 0.1) is 0 Å². The fourth-order valence-electron chi connectivity index (χ4n) is 3.05. The van der Waals surface area contributed by atoms with Crippen molar-refractivity contribution in [1.82, 2.24) is 20.1 Å². The van der Waals surface area contributed by atoms with Crippen molar-refractivity contribution < 1.29 is 23.8 Å². The number of nitrogens with one attached hydrogen (secondary N) is 1. The second-order valence-corrected chi connectivity index (χ2v) is 9.06. The summed E-state index contributed by atoms with van der Waals surface area (Å²) in [6.07, 6.45) is 1.33. The number of hydrogen-bond donors (Lipinski definition) is 1. The van der Waals surface area contributed by atoms with Gasteiger partial charge in [-0.25, -0.2) is 4.79 Å². The number of aromatic nitrogens is 1. The number of ether oxygens (including phenoxy) is 3. The summed E-state index contributed by atoms with van der Waals surface area (Å²) < 4.78 is 17.4. The standard InChI is InChI=1S/C26H38N4O5/c1-18(2)33-22-9-8-10-23(34-19(3)4)25(22)35-26(32)20-11-12-28-21(15-20)16-27-17-24(31)30(7)14-13-29(5)6/h8-12,15,18-19,27H,13-14,16-17H2,1-7H3. The van der Waals surface area contributed by atoms with Crippen molar-refractivity contribution >= 4 is 11.9 Å². The Kier molecular flexibility index (Phi) is 10.9. The first kappa shape index (κ1) is 28.1. The number of hydrogen-bond acceptors (Lipinski definition) is 8. The molecule has 2 aromatic rings. The Hall–Kier alpha value is -3.17. The van der Waals surface area contributed by atoms with Gasteiger partial charge < -0.3 is 29.3 Å². The SMILES string of the molecule is CC(C)Oc1cccc(OC(C)C)c1OC(=O)c1ccnc(CNCC(=O)N(C)CCN(C)C)c1. The summed E-state index contributed by atoms with van der Waals surface area (Å²) in [5.74, 6) is 0.532. The molecule has 1 heterocycles. The molecule has 9 nitrogen and oxygen atoms in total. The minimum absolute atomic E-state index is 0.0122.